The predicted molar refractivity (Wildman–Crippen MR) is 138 cm³/mol. The van der Waals surface area contributed by atoms with Gasteiger partial charge in [-0.3, -0.25) is 0 Å². The van der Waals surface area contributed by atoms with Gasteiger partial charge in [0.15, 0.2) is 13.6 Å². The van der Waals surface area contributed by atoms with Gasteiger partial charge in [-0.2, -0.15) is 0 Å². The molecule has 1 aliphatic carbocycles. The summed E-state index contributed by atoms with van der Waals surface area (Å²) in [5, 5.41) is 0. The lowest BCUT2D eigenvalue weighted by Gasteiger charge is -2.34. The Kier molecular flexibility index (Phi) is 6.33. The molecule has 1 aliphatic rings. The zero-order chi connectivity index (χ0) is 24.4. The van der Waals surface area contributed by atoms with Crippen LogP contribution in [0.2, 0.25) is 0 Å². The average Bonchev–Trinajstić information content (AvgIpc) is 3.16. The molecule has 5 rings (SSSR count). The summed E-state index contributed by atoms with van der Waals surface area (Å²) < 4.78 is 21.5. The van der Waals surface area contributed by atoms with Crippen LogP contribution in [0.4, 0.5) is 0 Å². The van der Waals surface area contributed by atoms with E-state index in [2.05, 4.69) is 74.5 Å². The lowest BCUT2D eigenvalue weighted by molar-refractivity contribution is 0.0509. The van der Waals surface area contributed by atoms with Crippen LogP contribution in [0, 0.1) is 13.8 Å². The van der Waals surface area contributed by atoms with Gasteiger partial charge in [0.2, 0.25) is 0 Å². The topological polar surface area (TPSA) is 36.9 Å². The van der Waals surface area contributed by atoms with Crippen molar-refractivity contribution >= 4 is 0 Å². The second kappa shape index (κ2) is 9.57. The summed E-state index contributed by atoms with van der Waals surface area (Å²) >= 11 is 0. The Morgan fingerprint density at radius 3 is 1.31 bits per heavy atom. The molecule has 0 aliphatic heterocycles. The highest BCUT2D eigenvalue weighted by Gasteiger charge is 2.46. The number of hydrogen-bond acceptors (Lipinski definition) is 4. The van der Waals surface area contributed by atoms with E-state index in [9.17, 15) is 0 Å². The molecule has 0 amide bonds. The molecule has 0 saturated carbocycles. The second-order valence-corrected chi connectivity index (χ2v) is 9.00. The third kappa shape index (κ3) is 3.99. The molecule has 0 atom stereocenters. The highest BCUT2D eigenvalue weighted by Crippen LogP contribution is 2.56. The molecule has 0 saturated heterocycles. The van der Waals surface area contributed by atoms with Crippen molar-refractivity contribution in [1.82, 2.24) is 0 Å². The van der Waals surface area contributed by atoms with Gasteiger partial charge in [0, 0.05) is 14.2 Å². The molecule has 4 aromatic rings. The van der Waals surface area contributed by atoms with Crippen LogP contribution in [-0.2, 0) is 14.9 Å². The molecule has 178 valence electrons. The first-order valence-corrected chi connectivity index (χ1v) is 11.7. The Morgan fingerprint density at radius 2 is 0.943 bits per heavy atom. The largest absolute Gasteiger partial charge is 0.468 e. The molecule has 0 N–H and O–H groups in total. The normalized spacial score (nSPS) is 13.3. The third-order valence-corrected chi connectivity index (χ3v) is 6.71. The Bertz CT molecular complexity index is 1220. The van der Waals surface area contributed by atoms with Gasteiger partial charge >= 0.3 is 0 Å². The van der Waals surface area contributed by atoms with E-state index in [1.54, 1.807) is 14.2 Å². The molecular weight excluding hydrogens is 436 g/mol. The number of ether oxygens (including phenoxy) is 4. The highest BCUT2D eigenvalue weighted by atomic mass is 16.7. The Balaban J connectivity index is 1.77. The van der Waals surface area contributed by atoms with Crippen LogP contribution in [0.3, 0.4) is 0 Å². The Morgan fingerprint density at radius 1 is 0.543 bits per heavy atom. The molecule has 0 spiro atoms. The van der Waals surface area contributed by atoms with E-state index in [-0.39, 0.29) is 13.6 Å². The van der Waals surface area contributed by atoms with Crippen LogP contribution in [0.1, 0.15) is 33.4 Å². The SMILES string of the molecule is COCOc1ccc(C2(c3ccc(OCOC)cc3)c3cc(C)ccc3-c3ccc(C)cc32)cc1. The van der Waals surface area contributed by atoms with Crippen molar-refractivity contribution in [2.24, 2.45) is 0 Å². The van der Waals surface area contributed by atoms with Crippen molar-refractivity contribution in [1.29, 1.82) is 0 Å². The molecule has 0 radical (unpaired) electrons. The van der Waals surface area contributed by atoms with Crippen molar-refractivity contribution in [3.63, 3.8) is 0 Å². The van der Waals surface area contributed by atoms with E-state index in [1.807, 2.05) is 24.3 Å². The Hall–Kier alpha value is -3.60. The first-order valence-electron chi connectivity index (χ1n) is 11.7. The summed E-state index contributed by atoms with van der Waals surface area (Å²) in [7, 11) is 3.25. The standard InChI is InChI=1S/C31H30O4/c1-21-5-15-27-28-16-6-22(2)18-30(28)31(29(27)17-21,23-7-11-25(12-8-23)34-19-32-3)24-9-13-26(14-10-24)35-20-33-4/h5-18H,19-20H2,1-4H3. The molecule has 0 fully saturated rings. The van der Waals surface area contributed by atoms with E-state index in [0.717, 1.165) is 11.5 Å². The van der Waals surface area contributed by atoms with E-state index in [4.69, 9.17) is 18.9 Å². The summed E-state index contributed by atoms with van der Waals surface area (Å²) in [4.78, 5) is 0. The summed E-state index contributed by atoms with van der Waals surface area (Å²) in [6, 6.07) is 30.3. The van der Waals surface area contributed by atoms with E-state index >= 15 is 0 Å². The minimum absolute atomic E-state index is 0.220. The quantitative estimate of drug-likeness (QED) is 0.241. The van der Waals surface area contributed by atoms with Crippen molar-refractivity contribution in [2.45, 2.75) is 19.3 Å². The fourth-order valence-corrected chi connectivity index (χ4v) is 5.20. The molecular formula is C31H30O4. The maximum absolute atomic E-state index is 5.69. The third-order valence-electron chi connectivity index (χ3n) is 6.71. The number of benzene rings is 4. The lowest BCUT2D eigenvalue weighted by atomic mass is 9.67. The van der Waals surface area contributed by atoms with Gasteiger partial charge < -0.3 is 18.9 Å². The monoisotopic (exact) mass is 466 g/mol. The predicted octanol–water partition coefficient (Wildman–Crippen LogP) is 6.63. The zero-order valence-corrected chi connectivity index (χ0v) is 20.6. The van der Waals surface area contributed by atoms with Crippen LogP contribution in [-0.4, -0.2) is 27.8 Å². The molecule has 0 aromatic heterocycles. The number of hydrogen-bond donors (Lipinski definition) is 0. The fourth-order valence-electron chi connectivity index (χ4n) is 5.20. The van der Waals surface area contributed by atoms with Crippen LogP contribution in [0.15, 0.2) is 84.9 Å². The maximum Gasteiger partial charge on any atom is 0.188 e. The van der Waals surface area contributed by atoms with Crippen LogP contribution in [0.5, 0.6) is 11.5 Å². The smallest absolute Gasteiger partial charge is 0.188 e. The molecule has 35 heavy (non-hydrogen) atoms. The average molecular weight is 467 g/mol. The van der Waals surface area contributed by atoms with Crippen molar-refractivity contribution in [3.05, 3.63) is 118 Å². The summed E-state index contributed by atoms with van der Waals surface area (Å²) in [6.45, 7) is 4.75. The van der Waals surface area contributed by atoms with Crippen molar-refractivity contribution < 1.29 is 18.9 Å². The second-order valence-electron chi connectivity index (χ2n) is 9.00. The maximum atomic E-state index is 5.69. The molecule has 0 unspecified atom stereocenters. The first-order chi connectivity index (χ1) is 17.1. The van der Waals surface area contributed by atoms with Crippen molar-refractivity contribution in [3.8, 4) is 22.6 Å². The van der Waals surface area contributed by atoms with E-state index in [1.165, 1.54) is 44.5 Å². The minimum Gasteiger partial charge on any atom is -0.468 e. The van der Waals surface area contributed by atoms with Gasteiger partial charge in [0.25, 0.3) is 0 Å². The zero-order valence-electron chi connectivity index (χ0n) is 20.6. The van der Waals surface area contributed by atoms with Crippen LogP contribution >= 0.6 is 0 Å². The van der Waals surface area contributed by atoms with Gasteiger partial charge in [-0.15, -0.1) is 0 Å². The van der Waals surface area contributed by atoms with Gasteiger partial charge in [-0.1, -0.05) is 71.8 Å². The van der Waals surface area contributed by atoms with Crippen LogP contribution in [0.25, 0.3) is 11.1 Å². The number of rotatable bonds is 8. The fraction of sp³-hybridized carbons (Fsp3) is 0.226. The molecule has 4 aromatic carbocycles. The van der Waals surface area contributed by atoms with Gasteiger partial charge in [-0.05, 0) is 71.5 Å². The molecule has 0 heterocycles. The number of fused-ring (bicyclic) bond motifs is 3. The number of aryl methyl sites for hydroxylation is 2. The van der Waals surface area contributed by atoms with E-state index in [0.29, 0.717) is 0 Å². The van der Waals surface area contributed by atoms with Crippen molar-refractivity contribution in [2.75, 3.05) is 27.8 Å². The highest BCUT2D eigenvalue weighted by molar-refractivity contribution is 5.86. The first kappa shape index (κ1) is 23.2. The van der Waals surface area contributed by atoms with E-state index < -0.39 is 5.41 Å². The van der Waals surface area contributed by atoms with Crippen LogP contribution < -0.4 is 9.47 Å². The molecule has 4 nitrogen and oxygen atoms in total. The lowest BCUT2D eigenvalue weighted by Crippen LogP contribution is -2.28. The number of methoxy groups -OCH3 is 2. The molecule has 0 bridgehead atoms. The van der Waals surface area contributed by atoms with Gasteiger partial charge in [0.05, 0.1) is 5.41 Å². The Labute approximate surface area is 207 Å². The minimum atomic E-state index is -0.470. The molecule has 4 heteroatoms. The summed E-state index contributed by atoms with van der Waals surface area (Å²) in [5.74, 6) is 1.56. The summed E-state index contributed by atoms with van der Waals surface area (Å²) in [6.07, 6.45) is 0. The van der Waals surface area contributed by atoms with Gasteiger partial charge in [0.1, 0.15) is 11.5 Å². The summed E-state index contributed by atoms with van der Waals surface area (Å²) in [5.41, 5.74) is 9.48. The van der Waals surface area contributed by atoms with Gasteiger partial charge in [-0.25, -0.2) is 0 Å².